The van der Waals surface area contributed by atoms with Crippen LogP contribution in [0.4, 0.5) is 0 Å². The fourth-order valence-corrected chi connectivity index (χ4v) is 3.45. The van der Waals surface area contributed by atoms with Gasteiger partial charge in [-0.25, -0.2) is 9.78 Å². The quantitative estimate of drug-likeness (QED) is 0.459. The molecule has 5 nitrogen and oxygen atoms in total. The van der Waals surface area contributed by atoms with Crippen LogP contribution in [-0.4, -0.2) is 28.0 Å². The predicted molar refractivity (Wildman–Crippen MR) is 102 cm³/mol. The van der Waals surface area contributed by atoms with Crippen LogP contribution in [0.1, 0.15) is 10.5 Å². The summed E-state index contributed by atoms with van der Waals surface area (Å²) >= 11 is 0. The van der Waals surface area contributed by atoms with Crippen molar-refractivity contribution in [3.05, 3.63) is 66.4 Å². The number of rotatable bonds is 2. The van der Waals surface area contributed by atoms with E-state index in [1.165, 1.54) is 7.11 Å². The summed E-state index contributed by atoms with van der Waals surface area (Å²) in [6.45, 7) is 0. The van der Waals surface area contributed by atoms with Crippen molar-refractivity contribution in [2.24, 2.45) is 0 Å². The number of hydrogen-bond acceptors (Lipinski definition) is 3. The van der Waals surface area contributed by atoms with Crippen LogP contribution in [0, 0.1) is 0 Å². The Morgan fingerprint density at radius 2 is 1.69 bits per heavy atom. The third-order valence-corrected chi connectivity index (χ3v) is 4.68. The van der Waals surface area contributed by atoms with E-state index in [0.29, 0.717) is 11.4 Å². The summed E-state index contributed by atoms with van der Waals surface area (Å²) in [7, 11) is 1.37. The highest BCUT2D eigenvalue weighted by Gasteiger charge is 2.18. The molecule has 0 bridgehead atoms. The second-order valence-electron chi connectivity index (χ2n) is 6.21. The van der Waals surface area contributed by atoms with Crippen LogP contribution >= 0.6 is 0 Å². The van der Waals surface area contributed by atoms with E-state index in [0.717, 1.165) is 38.4 Å². The minimum atomic E-state index is -0.449. The lowest BCUT2D eigenvalue weighted by Crippen LogP contribution is -2.05. The number of nitrogens with one attached hydrogen (secondary N) is 2. The summed E-state index contributed by atoms with van der Waals surface area (Å²) < 4.78 is 4.90. The lowest BCUT2D eigenvalue weighted by atomic mass is 10.1. The Balaban J connectivity index is 1.88. The number of hydrogen-bond donors (Lipinski definition) is 2. The van der Waals surface area contributed by atoms with E-state index in [1.54, 1.807) is 6.07 Å². The normalized spacial score (nSPS) is 11.4. The van der Waals surface area contributed by atoms with Gasteiger partial charge in [-0.3, -0.25) is 0 Å². The number of pyridine rings is 1. The zero-order valence-corrected chi connectivity index (χ0v) is 14.0. The Hall–Kier alpha value is -3.60. The molecule has 0 aliphatic carbocycles. The first-order valence-electron chi connectivity index (χ1n) is 8.32. The minimum absolute atomic E-state index is 0.290. The van der Waals surface area contributed by atoms with Gasteiger partial charge in [0.15, 0.2) is 0 Å². The van der Waals surface area contributed by atoms with E-state index in [1.807, 2.05) is 54.6 Å². The Morgan fingerprint density at radius 3 is 2.50 bits per heavy atom. The molecule has 0 saturated heterocycles. The average molecular weight is 341 g/mol. The number of esters is 1. The van der Waals surface area contributed by atoms with Crippen molar-refractivity contribution in [2.45, 2.75) is 0 Å². The zero-order chi connectivity index (χ0) is 17.7. The number of benzene rings is 2. The molecule has 0 amide bonds. The summed E-state index contributed by atoms with van der Waals surface area (Å²) in [4.78, 5) is 23.6. The van der Waals surface area contributed by atoms with Crippen molar-refractivity contribution in [1.29, 1.82) is 0 Å². The topological polar surface area (TPSA) is 70.8 Å². The molecule has 0 saturated carbocycles. The van der Waals surface area contributed by atoms with E-state index in [4.69, 9.17) is 4.74 Å². The van der Waals surface area contributed by atoms with Crippen LogP contribution in [0.25, 0.3) is 44.1 Å². The van der Waals surface area contributed by atoms with Gasteiger partial charge in [0.1, 0.15) is 11.4 Å². The first kappa shape index (κ1) is 14.7. The van der Waals surface area contributed by atoms with Gasteiger partial charge in [0, 0.05) is 27.2 Å². The van der Waals surface area contributed by atoms with Crippen LogP contribution in [0.5, 0.6) is 0 Å². The lowest BCUT2D eigenvalue weighted by molar-refractivity contribution is 0.0594. The van der Waals surface area contributed by atoms with Gasteiger partial charge in [-0.05, 0) is 24.3 Å². The second kappa shape index (κ2) is 5.46. The molecule has 126 valence electrons. The van der Waals surface area contributed by atoms with Crippen LogP contribution in [0.2, 0.25) is 0 Å². The van der Waals surface area contributed by atoms with Crippen LogP contribution in [0.3, 0.4) is 0 Å². The van der Waals surface area contributed by atoms with Crippen molar-refractivity contribution in [2.75, 3.05) is 7.11 Å². The summed E-state index contributed by atoms with van der Waals surface area (Å²) in [5.41, 5.74) is 4.77. The van der Waals surface area contributed by atoms with Gasteiger partial charge in [0.05, 0.1) is 18.3 Å². The summed E-state index contributed by atoms with van der Waals surface area (Å²) in [5, 5.41) is 3.09. The van der Waals surface area contributed by atoms with E-state index in [9.17, 15) is 4.79 Å². The van der Waals surface area contributed by atoms with Gasteiger partial charge in [-0.2, -0.15) is 0 Å². The van der Waals surface area contributed by atoms with Crippen molar-refractivity contribution < 1.29 is 9.53 Å². The van der Waals surface area contributed by atoms with Crippen LogP contribution in [0.15, 0.2) is 60.7 Å². The second-order valence-corrected chi connectivity index (χ2v) is 6.21. The Morgan fingerprint density at radius 1 is 0.923 bits per heavy atom. The maximum absolute atomic E-state index is 12.2. The number of carbonyl (C=O) groups is 1. The number of aromatic amines is 2. The molecule has 0 unspecified atom stereocenters. The van der Waals surface area contributed by atoms with E-state index in [-0.39, 0.29) is 0 Å². The van der Waals surface area contributed by atoms with E-state index < -0.39 is 5.97 Å². The molecule has 3 aromatic heterocycles. The Labute approximate surface area is 148 Å². The largest absolute Gasteiger partial charge is 0.464 e. The fourth-order valence-electron chi connectivity index (χ4n) is 3.45. The molecule has 2 N–H and O–H groups in total. The summed E-state index contributed by atoms with van der Waals surface area (Å²) in [6, 6.07) is 19.9. The molecule has 5 heteroatoms. The molecule has 0 atom stereocenters. The molecular weight excluding hydrogens is 326 g/mol. The fraction of sp³-hybridized carbons (Fsp3) is 0.0476. The van der Waals surface area contributed by atoms with E-state index in [2.05, 4.69) is 15.0 Å². The van der Waals surface area contributed by atoms with E-state index >= 15 is 0 Å². The molecule has 5 aromatic rings. The predicted octanol–water partition coefficient (Wildman–Crippen LogP) is 4.65. The standard InChI is InChI=1S/C21H15N3O2/c1-26-21(25)18-11-14-13-7-3-5-9-16(13)23-19(14)20(24-18)17-10-12-6-2-4-8-15(12)22-17/h2-11,22-23H,1H3. The van der Waals surface area contributed by atoms with Crippen LogP contribution < -0.4 is 0 Å². The zero-order valence-electron chi connectivity index (χ0n) is 14.0. The highest BCUT2D eigenvalue weighted by atomic mass is 16.5. The number of nitrogens with zero attached hydrogens (tertiary/aromatic N) is 1. The first-order chi connectivity index (χ1) is 12.7. The number of para-hydroxylation sites is 2. The van der Waals surface area contributed by atoms with Crippen LogP contribution in [-0.2, 0) is 4.74 Å². The molecule has 0 radical (unpaired) electrons. The summed E-state index contributed by atoms with van der Waals surface area (Å²) in [6.07, 6.45) is 0. The molecule has 5 rings (SSSR count). The van der Waals surface area contributed by atoms with Crippen molar-refractivity contribution in [1.82, 2.24) is 15.0 Å². The highest BCUT2D eigenvalue weighted by Crippen LogP contribution is 2.33. The number of aromatic nitrogens is 3. The lowest BCUT2D eigenvalue weighted by Gasteiger charge is -2.04. The first-order valence-corrected chi connectivity index (χ1v) is 8.32. The number of fused-ring (bicyclic) bond motifs is 4. The number of H-pyrrole nitrogens is 2. The number of carbonyl (C=O) groups excluding carboxylic acids is 1. The molecule has 3 heterocycles. The van der Waals surface area contributed by atoms with Gasteiger partial charge < -0.3 is 14.7 Å². The number of methoxy groups -OCH3 is 1. The van der Waals surface area contributed by atoms with Crippen molar-refractivity contribution in [3.63, 3.8) is 0 Å². The Kier molecular flexibility index (Phi) is 3.09. The molecule has 26 heavy (non-hydrogen) atoms. The van der Waals surface area contributed by atoms with Gasteiger partial charge >= 0.3 is 5.97 Å². The highest BCUT2D eigenvalue weighted by molar-refractivity contribution is 6.13. The molecule has 0 spiro atoms. The molecule has 0 aliphatic heterocycles. The van der Waals surface area contributed by atoms with Crippen molar-refractivity contribution >= 4 is 38.7 Å². The minimum Gasteiger partial charge on any atom is -0.464 e. The third kappa shape index (κ3) is 2.10. The van der Waals surface area contributed by atoms with Gasteiger partial charge in [0.2, 0.25) is 0 Å². The monoisotopic (exact) mass is 341 g/mol. The van der Waals surface area contributed by atoms with Gasteiger partial charge in [0.25, 0.3) is 0 Å². The maximum atomic E-state index is 12.2. The molecule has 2 aromatic carbocycles. The number of ether oxygens (including phenoxy) is 1. The molecule has 0 fully saturated rings. The third-order valence-electron chi connectivity index (χ3n) is 4.68. The average Bonchev–Trinajstić information content (AvgIpc) is 3.27. The van der Waals surface area contributed by atoms with Gasteiger partial charge in [-0.15, -0.1) is 0 Å². The smallest absolute Gasteiger partial charge is 0.356 e. The van der Waals surface area contributed by atoms with Crippen molar-refractivity contribution in [3.8, 4) is 11.4 Å². The SMILES string of the molecule is COC(=O)c1cc2c([nH]c3ccccc32)c(-c2cc3ccccc3[nH]2)n1. The Bertz CT molecular complexity index is 1260. The van der Waals surface area contributed by atoms with Gasteiger partial charge in [-0.1, -0.05) is 36.4 Å². The summed E-state index contributed by atoms with van der Waals surface area (Å²) in [5.74, 6) is -0.449. The maximum Gasteiger partial charge on any atom is 0.356 e. The molecule has 0 aliphatic rings. The molecular formula is C21H15N3O2.